The first-order valence-corrected chi connectivity index (χ1v) is 13.7. The van der Waals surface area contributed by atoms with Gasteiger partial charge in [-0.3, -0.25) is 4.68 Å². The maximum Gasteiger partial charge on any atom is 0.266 e. The molecule has 1 fully saturated rings. The van der Waals surface area contributed by atoms with Crippen LogP contribution in [-0.2, 0) is 13.1 Å². The van der Waals surface area contributed by atoms with Crippen molar-refractivity contribution in [1.29, 1.82) is 0 Å². The van der Waals surface area contributed by atoms with Gasteiger partial charge in [0.2, 0.25) is 5.95 Å². The highest BCUT2D eigenvalue weighted by molar-refractivity contribution is 5.96. The molecule has 1 aliphatic rings. The molecular weight excluding hydrogens is 546 g/mol. The van der Waals surface area contributed by atoms with Crippen LogP contribution >= 0.6 is 0 Å². The van der Waals surface area contributed by atoms with Crippen LogP contribution in [0.15, 0.2) is 48.8 Å². The average Bonchev–Trinajstić information content (AvgIpc) is 3.67. The summed E-state index contributed by atoms with van der Waals surface area (Å²) in [6, 6.07) is 11.1. The lowest BCUT2D eigenvalue weighted by molar-refractivity contribution is -0.0191. The molecule has 4 heterocycles. The van der Waals surface area contributed by atoms with Crippen LogP contribution in [0.2, 0.25) is 0 Å². The number of anilines is 2. The Balaban J connectivity index is 1.40. The lowest BCUT2D eigenvalue weighted by Gasteiger charge is -2.37. The minimum absolute atomic E-state index is 0.324. The summed E-state index contributed by atoms with van der Waals surface area (Å²) in [6.07, 6.45) is 3.05. The van der Waals surface area contributed by atoms with E-state index in [-0.39, 0.29) is 13.0 Å². The van der Waals surface area contributed by atoms with Gasteiger partial charge in [-0.2, -0.15) is 9.61 Å². The molecule has 42 heavy (non-hydrogen) atoms. The second-order valence-electron chi connectivity index (χ2n) is 10.2. The molecule has 1 aliphatic heterocycles. The maximum atomic E-state index is 15.1. The third kappa shape index (κ3) is 5.10. The van der Waals surface area contributed by atoms with Crippen LogP contribution in [0.3, 0.4) is 0 Å². The number of methoxy groups -OCH3 is 3. The van der Waals surface area contributed by atoms with Gasteiger partial charge in [0.1, 0.15) is 22.8 Å². The zero-order chi connectivity index (χ0) is 29.4. The Morgan fingerprint density at radius 3 is 2.62 bits per heavy atom. The molecule has 1 N–H and O–H groups in total. The number of hydrogen-bond acceptors (Lipinski definition) is 9. The Hall–Kier alpha value is -4.68. The molecule has 13 heteroatoms. The molecule has 0 bridgehead atoms. The van der Waals surface area contributed by atoms with Gasteiger partial charge in [0.05, 0.1) is 39.8 Å². The maximum absolute atomic E-state index is 15.1. The van der Waals surface area contributed by atoms with Crippen molar-refractivity contribution < 1.29 is 23.0 Å². The summed E-state index contributed by atoms with van der Waals surface area (Å²) in [6.45, 7) is 2.91. The van der Waals surface area contributed by atoms with Crippen LogP contribution in [0.1, 0.15) is 30.7 Å². The second-order valence-corrected chi connectivity index (χ2v) is 10.2. The van der Waals surface area contributed by atoms with Crippen molar-refractivity contribution in [2.45, 2.75) is 38.3 Å². The second kappa shape index (κ2) is 11.0. The van der Waals surface area contributed by atoms with Crippen LogP contribution in [-0.4, -0.2) is 69.7 Å². The number of para-hydroxylation sites is 1. The SMILES string of the molecule is CCn1cc(N2CC(c3nc4c5cccc(OC)c5nc(NCc5ccc(OC)cc5OC)n4n3)CC(F)(F)C2)cn1. The van der Waals surface area contributed by atoms with Gasteiger partial charge >= 0.3 is 0 Å². The number of alkyl halides is 2. The van der Waals surface area contributed by atoms with Gasteiger partial charge in [-0.1, -0.05) is 6.07 Å². The molecule has 6 rings (SSSR count). The van der Waals surface area contributed by atoms with E-state index in [2.05, 4.69) is 10.4 Å². The van der Waals surface area contributed by atoms with Gasteiger partial charge in [-0.15, -0.1) is 5.10 Å². The van der Waals surface area contributed by atoms with Crippen molar-refractivity contribution in [1.82, 2.24) is 29.4 Å². The highest BCUT2D eigenvalue weighted by Crippen LogP contribution is 2.38. The van der Waals surface area contributed by atoms with Crippen molar-refractivity contribution in [2.24, 2.45) is 0 Å². The summed E-state index contributed by atoms with van der Waals surface area (Å²) in [5.74, 6) is -0.947. The van der Waals surface area contributed by atoms with E-state index in [9.17, 15) is 0 Å². The first-order chi connectivity index (χ1) is 20.3. The van der Waals surface area contributed by atoms with E-state index in [0.717, 1.165) is 5.56 Å². The Bertz CT molecular complexity index is 1740. The average molecular weight is 579 g/mol. The predicted octanol–water partition coefficient (Wildman–Crippen LogP) is 4.76. The third-order valence-corrected chi connectivity index (χ3v) is 7.51. The molecule has 0 aliphatic carbocycles. The molecule has 5 aromatic rings. The lowest BCUT2D eigenvalue weighted by atomic mass is 9.94. The van der Waals surface area contributed by atoms with E-state index in [1.54, 1.807) is 53.9 Å². The minimum Gasteiger partial charge on any atom is -0.497 e. The molecule has 3 aromatic heterocycles. The molecule has 1 saturated heterocycles. The van der Waals surface area contributed by atoms with Crippen LogP contribution in [0.5, 0.6) is 17.2 Å². The standard InChI is InChI=1S/C29H32F2N8O3/c1-5-38-16-20(14-33-38)37-15-19(12-29(30,31)17-37)26-35-27-22-7-6-8-23(41-3)25(22)34-28(39(27)36-26)32-13-18-9-10-21(40-2)11-24(18)42-4/h6-11,14,16,19H,5,12-13,15,17H2,1-4H3,(H,32,34). The number of piperidine rings is 1. The summed E-state index contributed by atoms with van der Waals surface area (Å²) in [4.78, 5) is 11.3. The van der Waals surface area contributed by atoms with Crippen molar-refractivity contribution >= 4 is 28.2 Å². The van der Waals surface area contributed by atoms with E-state index in [1.165, 1.54) is 0 Å². The van der Waals surface area contributed by atoms with Crippen LogP contribution in [0.4, 0.5) is 20.4 Å². The zero-order valence-electron chi connectivity index (χ0n) is 23.8. The highest BCUT2D eigenvalue weighted by atomic mass is 19.3. The smallest absolute Gasteiger partial charge is 0.266 e. The lowest BCUT2D eigenvalue weighted by Crippen LogP contribution is -2.46. The highest BCUT2D eigenvalue weighted by Gasteiger charge is 2.43. The van der Waals surface area contributed by atoms with Gasteiger partial charge in [-0.05, 0) is 31.2 Å². The summed E-state index contributed by atoms with van der Waals surface area (Å²) in [5, 5.41) is 13.1. The van der Waals surface area contributed by atoms with E-state index >= 15 is 8.78 Å². The number of ether oxygens (including phenoxy) is 3. The summed E-state index contributed by atoms with van der Waals surface area (Å²) >= 11 is 0. The van der Waals surface area contributed by atoms with Crippen molar-refractivity contribution in [3.63, 3.8) is 0 Å². The van der Waals surface area contributed by atoms with Crippen molar-refractivity contribution in [3.8, 4) is 17.2 Å². The first kappa shape index (κ1) is 27.5. The number of nitrogens with one attached hydrogen (secondary N) is 1. The molecule has 1 atom stereocenters. The third-order valence-electron chi connectivity index (χ3n) is 7.51. The number of hydrogen-bond donors (Lipinski definition) is 1. The predicted molar refractivity (Wildman–Crippen MR) is 154 cm³/mol. The molecule has 0 radical (unpaired) electrons. The number of rotatable bonds is 9. The van der Waals surface area contributed by atoms with E-state index in [4.69, 9.17) is 29.3 Å². The van der Waals surface area contributed by atoms with Crippen LogP contribution in [0, 0.1) is 0 Å². The summed E-state index contributed by atoms with van der Waals surface area (Å²) in [7, 11) is 4.76. The van der Waals surface area contributed by atoms with Crippen molar-refractivity contribution in [3.05, 3.63) is 60.2 Å². The topological polar surface area (TPSA) is 104 Å². The van der Waals surface area contributed by atoms with Crippen molar-refractivity contribution in [2.75, 3.05) is 44.6 Å². The van der Waals surface area contributed by atoms with Gasteiger partial charge in [0, 0.05) is 55.2 Å². The Kier molecular flexibility index (Phi) is 7.17. The summed E-state index contributed by atoms with van der Waals surface area (Å²) in [5.41, 5.74) is 2.59. The zero-order valence-corrected chi connectivity index (χ0v) is 23.8. The van der Waals surface area contributed by atoms with E-state index in [1.807, 2.05) is 37.3 Å². The fourth-order valence-corrected chi connectivity index (χ4v) is 5.40. The minimum atomic E-state index is -2.93. The quantitative estimate of drug-likeness (QED) is 0.265. The monoisotopic (exact) mass is 578 g/mol. The Labute approximate surface area is 241 Å². The molecule has 0 saturated carbocycles. The molecule has 220 valence electrons. The van der Waals surface area contributed by atoms with Crippen LogP contribution in [0.25, 0.3) is 16.6 Å². The van der Waals surface area contributed by atoms with Crippen LogP contribution < -0.4 is 24.4 Å². The van der Waals surface area contributed by atoms with E-state index < -0.39 is 11.8 Å². The molecule has 0 amide bonds. The Morgan fingerprint density at radius 1 is 1.05 bits per heavy atom. The molecular formula is C29H32F2N8O3. The first-order valence-electron chi connectivity index (χ1n) is 13.7. The number of aromatic nitrogens is 6. The molecule has 0 spiro atoms. The number of aryl methyl sites for hydroxylation is 1. The fraction of sp³-hybridized carbons (Fsp3) is 0.379. The fourth-order valence-electron chi connectivity index (χ4n) is 5.40. The number of nitrogens with zero attached hydrogens (tertiary/aromatic N) is 7. The normalized spacial score (nSPS) is 16.6. The van der Waals surface area contributed by atoms with E-state index in [0.29, 0.717) is 70.9 Å². The largest absolute Gasteiger partial charge is 0.497 e. The van der Waals surface area contributed by atoms with Gasteiger partial charge < -0.3 is 24.4 Å². The van der Waals surface area contributed by atoms with Gasteiger partial charge in [0.25, 0.3) is 5.92 Å². The number of fused-ring (bicyclic) bond motifs is 3. The molecule has 11 nitrogen and oxygen atoms in total. The van der Waals surface area contributed by atoms with Gasteiger partial charge in [0.15, 0.2) is 11.5 Å². The number of halogens is 2. The number of benzene rings is 2. The summed E-state index contributed by atoms with van der Waals surface area (Å²) < 4.78 is 49.9. The molecule has 1 unspecified atom stereocenters. The Morgan fingerprint density at radius 2 is 1.88 bits per heavy atom. The molecule has 2 aromatic carbocycles. The van der Waals surface area contributed by atoms with Gasteiger partial charge in [-0.25, -0.2) is 18.7 Å².